The number of carbonyl (C=O) groups excluding carboxylic acids is 2. The zero-order valence-corrected chi connectivity index (χ0v) is 19.8. The first-order valence-electron chi connectivity index (χ1n) is 11.9. The van der Waals surface area contributed by atoms with Crippen molar-refractivity contribution in [3.63, 3.8) is 0 Å². The predicted octanol–water partition coefficient (Wildman–Crippen LogP) is 4.67. The molecule has 1 fully saturated rings. The molecule has 0 saturated heterocycles. The molecule has 8 nitrogen and oxygen atoms in total. The maximum absolute atomic E-state index is 12.9. The van der Waals surface area contributed by atoms with Gasteiger partial charge < -0.3 is 20.5 Å². The Kier molecular flexibility index (Phi) is 7.35. The number of urea groups is 1. The molecule has 1 aliphatic heterocycles. The van der Waals surface area contributed by atoms with Crippen LogP contribution in [-0.2, 0) is 11.3 Å². The molecule has 4 rings (SSSR count). The van der Waals surface area contributed by atoms with E-state index in [2.05, 4.69) is 12.2 Å². The van der Waals surface area contributed by atoms with Gasteiger partial charge in [0.05, 0.1) is 25.5 Å². The number of anilines is 1. The first kappa shape index (κ1) is 23.6. The van der Waals surface area contributed by atoms with Gasteiger partial charge in [0.15, 0.2) is 11.5 Å². The standard InChI is InChI=1S/C26H32N4O4/c1-3-18-15-24(31)30(16-17-7-6-8-20(13-17)28-26(27)32)29-25(18)19-11-12-22(33-2)23(14-19)34-21-9-4-5-10-21/h6-8,11-14,18,21H,3-5,9-10,15-16H2,1-2H3,(H3,27,28,32). The number of hydrogen-bond acceptors (Lipinski definition) is 5. The van der Waals surface area contributed by atoms with Gasteiger partial charge in [0, 0.05) is 23.6 Å². The summed E-state index contributed by atoms with van der Waals surface area (Å²) in [5.74, 6) is 1.42. The fourth-order valence-corrected chi connectivity index (χ4v) is 4.61. The number of methoxy groups -OCH3 is 1. The number of ether oxygens (including phenoxy) is 2. The lowest BCUT2D eigenvalue weighted by molar-refractivity contribution is -0.133. The Hall–Kier alpha value is -3.55. The Morgan fingerprint density at radius 2 is 1.97 bits per heavy atom. The summed E-state index contributed by atoms with van der Waals surface area (Å²) < 4.78 is 11.8. The van der Waals surface area contributed by atoms with Gasteiger partial charge in [0.25, 0.3) is 0 Å². The average Bonchev–Trinajstić information content (AvgIpc) is 3.33. The molecule has 1 atom stereocenters. The molecular weight excluding hydrogens is 432 g/mol. The Labute approximate surface area is 200 Å². The number of nitrogens with zero attached hydrogens (tertiary/aromatic N) is 2. The summed E-state index contributed by atoms with van der Waals surface area (Å²) in [5, 5.41) is 8.86. The molecule has 180 valence electrons. The van der Waals surface area contributed by atoms with E-state index in [0.717, 1.165) is 41.9 Å². The minimum atomic E-state index is -0.632. The van der Waals surface area contributed by atoms with Crippen molar-refractivity contribution < 1.29 is 19.1 Å². The Morgan fingerprint density at radius 1 is 1.18 bits per heavy atom. The van der Waals surface area contributed by atoms with Gasteiger partial charge in [-0.2, -0.15) is 5.10 Å². The highest BCUT2D eigenvalue weighted by molar-refractivity contribution is 6.06. The van der Waals surface area contributed by atoms with Crippen LogP contribution in [0.5, 0.6) is 11.5 Å². The monoisotopic (exact) mass is 464 g/mol. The number of hydrogen-bond donors (Lipinski definition) is 2. The zero-order valence-electron chi connectivity index (χ0n) is 19.8. The predicted molar refractivity (Wildman–Crippen MR) is 131 cm³/mol. The highest BCUT2D eigenvalue weighted by atomic mass is 16.5. The quantitative estimate of drug-likeness (QED) is 0.592. The fourth-order valence-electron chi connectivity index (χ4n) is 4.61. The van der Waals surface area contributed by atoms with Crippen LogP contribution in [0.15, 0.2) is 47.6 Å². The number of primary amides is 1. The molecule has 0 aromatic heterocycles. The summed E-state index contributed by atoms with van der Waals surface area (Å²) in [6, 6.07) is 12.5. The molecule has 2 aromatic carbocycles. The number of nitrogens with two attached hydrogens (primary N) is 1. The van der Waals surface area contributed by atoms with E-state index in [0.29, 0.717) is 24.4 Å². The summed E-state index contributed by atoms with van der Waals surface area (Å²) in [4.78, 5) is 24.1. The molecule has 0 radical (unpaired) electrons. The molecule has 8 heteroatoms. The van der Waals surface area contributed by atoms with E-state index in [1.807, 2.05) is 30.3 Å². The van der Waals surface area contributed by atoms with Crippen molar-refractivity contribution in [1.82, 2.24) is 5.01 Å². The smallest absolute Gasteiger partial charge is 0.316 e. The lowest BCUT2D eigenvalue weighted by atomic mass is 9.89. The van der Waals surface area contributed by atoms with Gasteiger partial charge >= 0.3 is 6.03 Å². The SMILES string of the molecule is CCC1CC(=O)N(Cc2cccc(NC(N)=O)c2)N=C1c1ccc(OC)c(OC2CCCC2)c1. The van der Waals surface area contributed by atoms with Gasteiger partial charge in [-0.3, -0.25) is 4.79 Å². The number of hydrazone groups is 1. The summed E-state index contributed by atoms with van der Waals surface area (Å²) >= 11 is 0. The normalized spacial score (nSPS) is 18.5. The number of carbonyl (C=O) groups is 2. The largest absolute Gasteiger partial charge is 0.493 e. The minimum absolute atomic E-state index is 0.0272. The summed E-state index contributed by atoms with van der Waals surface area (Å²) in [5.41, 5.74) is 8.45. The second-order valence-corrected chi connectivity index (χ2v) is 8.83. The van der Waals surface area contributed by atoms with Gasteiger partial charge in [0.1, 0.15) is 0 Å². The van der Waals surface area contributed by atoms with Crippen molar-refractivity contribution in [2.75, 3.05) is 12.4 Å². The van der Waals surface area contributed by atoms with Crippen LogP contribution in [0.2, 0.25) is 0 Å². The second-order valence-electron chi connectivity index (χ2n) is 8.83. The van der Waals surface area contributed by atoms with E-state index in [1.54, 1.807) is 19.2 Å². The number of rotatable bonds is 8. The molecule has 1 aliphatic carbocycles. The van der Waals surface area contributed by atoms with E-state index >= 15 is 0 Å². The van der Waals surface area contributed by atoms with Gasteiger partial charge in [-0.05, 0) is 68.0 Å². The molecule has 1 heterocycles. The zero-order chi connectivity index (χ0) is 24.1. The molecule has 1 unspecified atom stereocenters. The molecule has 1 saturated carbocycles. The van der Waals surface area contributed by atoms with E-state index in [9.17, 15) is 9.59 Å². The van der Waals surface area contributed by atoms with Crippen molar-refractivity contribution >= 4 is 23.3 Å². The van der Waals surface area contributed by atoms with Gasteiger partial charge in [-0.15, -0.1) is 0 Å². The van der Waals surface area contributed by atoms with E-state index in [4.69, 9.17) is 20.3 Å². The van der Waals surface area contributed by atoms with Gasteiger partial charge in [0.2, 0.25) is 5.91 Å². The van der Waals surface area contributed by atoms with Crippen molar-refractivity contribution in [2.45, 2.75) is 58.1 Å². The van der Waals surface area contributed by atoms with Crippen LogP contribution in [0.25, 0.3) is 0 Å². The first-order valence-corrected chi connectivity index (χ1v) is 11.9. The molecule has 0 spiro atoms. The van der Waals surface area contributed by atoms with Crippen LogP contribution < -0.4 is 20.5 Å². The topological polar surface area (TPSA) is 106 Å². The molecule has 3 N–H and O–H groups in total. The van der Waals surface area contributed by atoms with Crippen molar-refractivity contribution in [3.8, 4) is 11.5 Å². The highest BCUT2D eigenvalue weighted by Gasteiger charge is 2.30. The van der Waals surface area contributed by atoms with Crippen LogP contribution in [-0.4, -0.2) is 35.9 Å². The Balaban J connectivity index is 1.62. The lowest BCUT2D eigenvalue weighted by Crippen LogP contribution is -2.36. The van der Waals surface area contributed by atoms with Crippen LogP contribution >= 0.6 is 0 Å². The lowest BCUT2D eigenvalue weighted by Gasteiger charge is -2.29. The molecule has 3 amide bonds. The summed E-state index contributed by atoms with van der Waals surface area (Å²) in [7, 11) is 1.64. The molecular formula is C26H32N4O4. The van der Waals surface area contributed by atoms with Crippen LogP contribution in [0.3, 0.4) is 0 Å². The fraction of sp³-hybridized carbons (Fsp3) is 0.423. The molecule has 2 aliphatic rings. The third kappa shape index (κ3) is 5.50. The third-order valence-electron chi connectivity index (χ3n) is 6.40. The molecule has 0 bridgehead atoms. The maximum Gasteiger partial charge on any atom is 0.316 e. The molecule has 2 aromatic rings. The Bertz CT molecular complexity index is 1080. The van der Waals surface area contributed by atoms with Gasteiger partial charge in [-0.25, -0.2) is 9.80 Å². The van der Waals surface area contributed by atoms with Crippen LogP contribution in [0.4, 0.5) is 10.5 Å². The van der Waals surface area contributed by atoms with Crippen molar-refractivity contribution in [1.29, 1.82) is 0 Å². The number of amides is 3. The Morgan fingerprint density at radius 3 is 2.68 bits per heavy atom. The second kappa shape index (κ2) is 10.6. The molecule has 34 heavy (non-hydrogen) atoms. The van der Waals surface area contributed by atoms with E-state index in [-0.39, 0.29) is 17.9 Å². The first-order chi connectivity index (χ1) is 16.5. The summed E-state index contributed by atoms with van der Waals surface area (Å²) in [6.07, 6.45) is 5.88. The van der Waals surface area contributed by atoms with Crippen LogP contribution in [0.1, 0.15) is 56.6 Å². The third-order valence-corrected chi connectivity index (χ3v) is 6.40. The maximum atomic E-state index is 12.9. The van der Waals surface area contributed by atoms with Gasteiger partial charge in [-0.1, -0.05) is 19.1 Å². The van der Waals surface area contributed by atoms with E-state index in [1.165, 1.54) is 17.9 Å². The summed E-state index contributed by atoms with van der Waals surface area (Å²) in [6.45, 7) is 2.37. The van der Waals surface area contributed by atoms with Crippen LogP contribution in [0, 0.1) is 5.92 Å². The minimum Gasteiger partial charge on any atom is -0.493 e. The van der Waals surface area contributed by atoms with E-state index < -0.39 is 6.03 Å². The average molecular weight is 465 g/mol. The number of benzene rings is 2. The highest BCUT2D eigenvalue weighted by Crippen LogP contribution is 2.34. The van der Waals surface area contributed by atoms with Crippen molar-refractivity contribution in [2.24, 2.45) is 16.8 Å². The van der Waals surface area contributed by atoms with Crippen molar-refractivity contribution in [3.05, 3.63) is 53.6 Å². The number of nitrogens with one attached hydrogen (secondary N) is 1.